The normalized spacial score (nSPS) is 12.2. The van der Waals surface area contributed by atoms with E-state index in [0.29, 0.717) is 5.69 Å². The third-order valence-electron chi connectivity index (χ3n) is 2.30. The third kappa shape index (κ3) is 2.59. The number of ether oxygens (including phenoxy) is 1. The summed E-state index contributed by atoms with van der Waals surface area (Å²) in [5.74, 6) is -3.11. The standard InChI is InChI=1S/C10H14N2O4/c1-6-4-7(12(2)11-6)5-8(9(13)14)10(15)16-3/h4,8H,5H2,1-3H3,(H,13,14). The molecule has 16 heavy (non-hydrogen) atoms. The van der Waals surface area contributed by atoms with Crippen LogP contribution in [0, 0.1) is 12.8 Å². The van der Waals surface area contributed by atoms with Crippen LogP contribution in [0.4, 0.5) is 0 Å². The van der Waals surface area contributed by atoms with Crippen LogP contribution in [0.1, 0.15) is 11.4 Å². The van der Waals surface area contributed by atoms with Crippen molar-refractivity contribution >= 4 is 11.9 Å². The molecule has 1 aromatic rings. The largest absolute Gasteiger partial charge is 0.481 e. The number of carboxylic acid groups (broad SMARTS) is 1. The molecular weight excluding hydrogens is 212 g/mol. The molecule has 0 saturated carbocycles. The number of hydrogen-bond donors (Lipinski definition) is 1. The van der Waals surface area contributed by atoms with Crippen LogP contribution in [-0.2, 0) is 27.8 Å². The van der Waals surface area contributed by atoms with E-state index in [-0.39, 0.29) is 6.42 Å². The highest BCUT2D eigenvalue weighted by atomic mass is 16.5. The summed E-state index contributed by atoms with van der Waals surface area (Å²) in [7, 11) is 2.88. The molecule has 1 heterocycles. The van der Waals surface area contributed by atoms with Gasteiger partial charge in [0.2, 0.25) is 0 Å². The first-order valence-electron chi connectivity index (χ1n) is 4.76. The number of carbonyl (C=O) groups excluding carboxylic acids is 1. The van der Waals surface area contributed by atoms with Gasteiger partial charge in [-0.15, -0.1) is 0 Å². The van der Waals surface area contributed by atoms with E-state index >= 15 is 0 Å². The zero-order valence-corrected chi connectivity index (χ0v) is 9.43. The van der Waals surface area contributed by atoms with Crippen molar-refractivity contribution in [3.8, 4) is 0 Å². The van der Waals surface area contributed by atoms with Crippen LogP contribution in [0.3, 0.4) is 0 Å². The van der Waals surface area contributed by atoms with Crippen LogP contribution in [0.5, 0.6) is 0 Å². The fourth-order valence-corrected chi connectivity index (χ4v) is 1.48. The van der Waals surface area contributed by atoms with Gasteiger partial charge in [0.25, 0.3) is 0 Å². The van der Waals surface area contributed by atoms with Crippen molar-refractivity contribution < 1.29 is 19.4 Å². The quantitative estimate of drug-likeness (QED) is 0.583. The minimum absolute atomic E-state index is 0.0827. The number of methoxy groups -OCH3 is 1. The Morgan fingerprint density at radius 2 is 2.25 bits per heavy atom. The summed E-state index contributed by atoms with van der Waals surface area (Å²) in [6.07, 6.45) is 0.0827. The van der Waals surface area contributed by atoms with Crippen molar-refractivity contribution in [2.75, 3.05) is 7.11 Å². The Labute approximate surface area is 92.8 Å². The molecular formula is C10H14N2O4. The smallest absolute Gasteiger partial charge is 0.320 e. The summed E-state index contributed by atoms with van der Waals surface area (Å²) in [5, 5.41) is 13.0. The van der Waals surface area contributed by atoms with E-state index < -0.39 is 17.9 Å². The summed E-state index contributed by atoms with van der Waals surface area (Å²) in [6, 6.07) is 1.75. The van der Waals surface area contributed by atoms with Gasteiger partial charge < -0.3 is 9.84 Å². The Balaban J connectivity index is 2.88. The van der Waals surface area contributed by atoms with E-state index in [4.69, 9.17) is 5.11 Å². The molecule has 1 atom stereocenters. The predicted molar refractivity (Wildman–Crippen MR) is 54.8 cm³/mol. The minimum Gasteiger partial charge on any atom is -0.481 e. The second-order valence-corrected chi connectivity index (χ2v) is 3.52. The van der Waals surface area contributed by atoms with E-state index in [1.54, 1.807) is 24.7 Å². The molecule has 0 aromatic carbocycles. The number of hydrogen-bond acceptors (Lipinski definition) is 4. The fraction of sp³-hybridized carbons (Fsp3) is 0.500. The maximum atomic E-state index is 11.2. The number of rotatable bonds is 4. The first-order chi connectivity index (χ1) is 7.45. The molecule has 0 spiro atoms. The minimum atomic E-state index is -1.19. The summed E-state index contributed by atoms with van der Waals surface area (Å²) < 4.78 is 6.01. The molecule has 0 radical (unpaired) electrons. The highest BCUT2D eigenvalue weighted by Gasteiger charge is 2.28. The average molecular weight is 226 g/mol. The highest BCUT2D eigenvalue weighted by molar-refractivity contribution is 5.94. The van der Waals surface area contributed by atoms with Crippen molar-refractivity contribution in [2.45, 2.75) is 13.3 Å². The maximum absolute atomic E-state index is 11.2. The first kappa shape index (κ1) is 12.2. The second kappa shape index (κ2) is 4.78. The molecule has 6 heteroatoms. The van der Waals surface area contributed by atoms with Gasteiger partial charge in [0.15, 0.2) is 5.92 Å². The maximum Gasteiger partial charge on any atom is 0.320 e. The van der Waals surface area contributed by atoms with Gasteiger partial charge in [0.1, 0.15) is 0 Å². The first-order valence-corrected chi connectivity index (χ1v) is 4.76. The lowest BCUT2D eigenvalue weighted by atomic mass is 10.0. The van der Waals surface area contributed by atoms with Gasteiger partial charge in [-0.1, -0.05) is 0 Å². The monoisotopic (exact) mass is 226 g/mol. The molecule has 88 valence electrons. The summed E-state index contributed by atoms with van der Waals surface area (Å²) >= 11 is 0. The molecule has 0 fully saturated rings. The van der Waals surface area contributed by atoms with Gasteiger partial charge in [-0.05, 0) is 13.0 Å². The van der Waals surface area contributed by atoms with E-state index in [1.165, 1.54) is 7.11 Å². The lowest BCUT2D eigenvalue weighted by Gasteiger charge is -2.09. The van der Waals surface area contributed by atoms with E-state index in [1.807, 2.05) is 0 Å². The molecule has 0 amide bonds. The summed E-state index contributed by atoms with van der Waals surface area (Å²) in [4.78, 5) is 22.1. The number of aromatic nitrogens is 2. The molecule has 0 aliphatic heterocycles. The number of carbonyl (C=O) groups is 2. The molecule has 0 aliphatic rings. The van der Waals surface area contributed by atoms with Crippen molar-refractivity contribution in [3.63, 3.8) is 0 Å². The summed E-state index contributed by atoms with van der Waals surface area (Å²) in [6.45, 7) is 1.80. The zero-order valence-electron chi connectivity index (χ0n) is 9.43. The molecule has 6 nitrogen and oxygen atoms in total. The lowest BCUT2D eigenvalue weighted by molar-refractivity contribution is -0.156. The molecule has 0 bridgehead atoms. The Morgan fingerprint density at radius 1 is 1.62 bits per heavy atom. The molecule has 1 unspecified atom stereocenters. The van der Waals surface area contributed by atoms with Crippen molar-refractivity contribution in [3.05, 3.63) is 17.5 Å². The third-order valence-corrected chi connectivity index (χ3v) is 2.30. The number of carboxylic acids is 1. The van der Waals surface area contributed by atoms with Gasteiger partial charge in [0.05, 0.1) is 12.8 Å². The number of aryl methyl sites for hydroxylation is 2. The molecule has 1 aromatic heterocycles. The van der Waals surface area contributed by atoms with Crippen molar-refractivity contribution in [1.29, 1.82) is 0 Å². The highest BCUT2D eigenvalue weighted by Crippen LogP contribution is 2.11. The topological polar surface area (TPSA) is 81.4 Å². The van der Waals surface area contributed by atoms with Crippen LogP contribution in [0.2, 0.25) is 0 Å². The van der Waals surface area contributed by atoms with Crippen molar-refractivity contribution in [1.82, 2.24) is 9.78 Å². The Morgan fingerprint density at radius 3 is 2.62 bits per heavy atom. The predicted octanol–water partition coefficient (Wildman–Crippen LogP) is 0.145. The number of nitrogens with zero attached hydrogens (tertiary/aromatic N) is 2. The van der Waals surface area contributed by atoms with Gasteiger partial charge in [-0.3, -0.25) is 14.3 Å². The fourth-order valence-electron chi connectivity index (χ4n) is 1.48. The number of esters is 1. The SMILES string of the molecule is COC(=O)C(Cc1cc(C)nn1C)C(=O)O. The van der Waals surface area contributed by atoms with Crippen LogP contribution in [0.25, 0.3) is 0 Å². The van der Waals surface area contributed by atoms with E-state index in [9.17, 15) is 9.59 Å². The number of aliphatic carboxylic acids is 1. The van der Waals surface area contributed by atoms with Gasteiger partial charge in [-0.25, -0.2) is 0 Å². The molecule has 0 saturated heterocycles. The van der Waals surface area contributed by atoms with Gasteiger partial charge >= 0.3 is 11.9 Å². The van der Waals surface area contributed by atoms with Crippen LogP contribution in [-0.4, -0.2) is 33.9 Å². The van der Waals surface area contributed by atoms with Crippen molar-refractivity contribution in [2.24, 2.45) is 13.0 Å². The molecule has 1 N–H and O–H groups in total. The Bertz CT molecular complexity index is 411. The van der Waals surface area contributed by atoms with E-state index in [2.05, 4.69) is 9.84 Å². The lowest BCUT2D eigenvalue weighted by Crippen LogP contribution is -2.27. The van der Waals surface area contributed by atoms with Crippen LogP contribution < -0.4 is 0 Å². The Kier molecular flexibility index (Phi) is 3.65. The molecule has 0 aliphatic carbocycles. The van der Waals surface area contributed by atoms with Gasteiger partial charge in [0, 0.05) is 19.2 Å². The van der Waals surface area contributed by atoms with E-state index in [0.717, 1.165) is 5.69 Å². The Hall–Kier alpha value is -1.85. The second-order valence-electron chi connectivity index (χ2n) is 3.52. The average Bonchev–Trinajstić information content (AvgIpc) is 2.52. The van der Waals surface area contributed by atoms with Gasteiger partial charge in [-0.2, -0.15) is 5.10 Å². The van der Waals surface area contributed by atoms with Crippen LogP contribution in [0.15, 0.2) is 6.07 Å². The molecule has 1 rings (SSSR count). The summed E-state index contributed by atoms with van der Waals surface area (Å²) in [5.41, 5.74) is 1.47. The van der Waals surface area contributed by atoms with Crippen LogP contribution >= 0.6 is 0 Å². The zero-order chi connectivity index (χ0) is 12.3.